The molecule has 11 nitrogen and oxygen atoms in total. The van der Waals surface area contributed by atoms with Crippen LogP contribution in [0.3, 0.4) is 0 Å². The number of carbonyl (C=O) groups is 3. The molecule has 0 aromatic heterocycles. The summed E-state index contributed by atoms with van der Waals surface area (Å²) in [5.74, 6) is 1.14. The molecule has 4 aromatic rings. The van der Waals surface area contributed by atoms with Gasteiger partial charge in [0.05, 0.1) is 37.6 Å². The van der Waals surface area contributed by atoms with Gasteiger partial charge in [0.2, 0.25) is 0 Å². The molecule has 0 radical (unpaired) electrons. The smallest absolute Gasteiger partial charge is 0.335 e. The number of ether oxygens (including phenoxy) is 6. The minimum atomic E-state index is -0.878. The Balaban J connectivity index is 1.34. The number of amides is 4. The fourth-order valence-electron chi connectivity index (χ4n) is 5.07. The average molecular weight is 746 g/mol. The van der Waals surface area contributed by atoms with Gasteiger partial charge in [-0.05, 0) is 88.4 Å². The molecule has 1 N–H and O–H groups in total. The second kappa shape index (κ2) is 16.8. The van der Waals surface area contributed by atoms with Crippen LogP contribution in [0.15, 0.2) is 88.9 Å². The van der Waals surface area contributed by atoms with Crippen LogP contribution in [0.5, 0.6) is 34.5 Å². The molecule has 0 aliphatic carbocycles. The van der Waals surface area contributed by atoms with Crippen LogP contribution in [0, 0.1) is 0 Å². The Labute approximate surface area is 298 Å². The Morgan fingerprint density at radius 1 is 0.720 bits per heavy atom. The Kier molecular flexibility index (Phi) is 12.0. The number of carbonyl (C=O) groups excluding carboxylic acids is 3. The molecule has 50 heavy (non-hydrogen) atoms. The Morgan fingerprint density at radius 3 is 2.16 bits per heavy atom. The molecule has 1 aliphatic heterocycles. The molecule has 0 saturated carbocycles. The van der Waals surface area contributed by atoms with Crippen molar-refractivity contribution in [3.8, 4) is 34.5 Å². The third-order valence-electron chi connectivity index (χ3n) is 7.46. The number of rotatable bonds is 15. The standard InChI is InChI=1S/C38H37BrN2O9/c1-5-16-48-31-15-13-27(21-33(31)47-6-2)41-37(43)28(36(42)40-38(41)44)17-26-18-29(39)35(34(20-26)46-4)50-23-25-12-14-30(32(19-25)45-3)49-22-24-10-8-7-9-11-24/h7-15,17-21H,5-6,16,22-23H2,1-4H3,(H,40,42,44)/b28-17+. The second-order valence-corrected chi connectivity index (χ2v) is 11.8. The lowest BCUT2D eigenvalue weighted by Crippen LogP contribution is -2.54. The van der Waals surface area contributed by atoms with Crippen LogP contribution in [0.4, 0.5) is 10.5 Å². The van der Waals surface area contributed by atoms with Crippen LogP contribution >= 0.6 is 15.9 Å². The van der Waals surface area contributed by atoms with E-state index in [4.69, 9.17) is 28.4 Å². The Bertz CT molecular complexity index is 1900. The van der Waals surface area contributed by atoms with Gasteiger partial charge in [-0.1, -0.05) is 43.3 Å². The van der Waals surface area contributed by atoms with E-state index in [9.17, 15) is 14.4 Å². The van der Waals surface area contributed by atoms with Gasteiger partial charge in [-0.25, -0.2) is 9.69 Å². The molecule has 0 atom stereocenters. The number of hydrogen-bond donors (Lipinski definition) is 1. The van der Waals surface area contributed by atoms with E-state index in [1.165, 1.54) is 19.3 Å². The van der Waals surface area contributed by atoms with Crippen molar-refractivity contribution in [3.63, 3.8) is 0 Å². The molecular weight excluding hydrogens is 708 g/mol. The lowest BCUT2D eigenvalue weighted by Gasteiger charge is -2.27. The van der Waals surface area contributed by atoms with Gasteiger partial charge in [0.15, 0.2) is 34.5 Å². The summed E-state index contributed by atoms with van der Waals surface area (Å²) < 4.78 is 35.2. The van der Waals surface area contributed by atoms with E-state index < -0.39 is 17.8 Å². The summed E-state index contributed by atoms with van der Waals surface area (Å²) in [5, 5.41) is 2.25. The summed E-state index contributed by atoms with van der Waals surface area (Å²) in [6.07, 6.45) is 2.18. The van der Waals surface area contributed by atoms with Crippen molar-refractivity contribution in [1.82, 2.24) is 5.32 Å². The van der Waals surface area contributed by atoms with Crippen LogP contribution in [-0.2, 0) is 22.8 Å². The summed E-state index contributed by atoms with van der Waals surface area (Å²) in [5.41, 5.74) is 2.28. The van der Waals surface area contributed by atoms with E-state index in [1.807, 2.05) is 62.4 Å². The highest BCUT2D eigenvalue weighted by atomic mass is 79.9. The van der Waals surface area contributed by atoms with Crippen LogP contribution in [0.25, 0.3) is 6.08 Å². The zero-order chi connectivity index (χ0) is 35.6. The summed E-state index contributed by atoms with van der Waals surface area (Å²) in [7, 11) is 3.06. The molecule has 12 heteroatoms. The van der Waals surface area contributed by atoms with E-state index in [2.05, 4.69) is 21.2 Å². The lowest BCUT2D eigenvalue weighted by molar-refractivity contribution is -0.122. The minimum Gasteiger partial charge on any atom is -0.493 e. The predicted octanol–water partition coefficient (Wildman–Crippen LogP) is 7.48. The molecule has 1 saturated heterocycles. The number of benzene rings is 4. The van der Waals surface area contributed by atoms with Crippen molar-refractivity contribution in [2.75, 3.05) is 32.3 Å². The van der Waals surface area contributed by atoms with E-state index in [-0.39, 0.29) is 17.9 Å². The summed E-state index contributed by atoms with van der Waals surface area (Å²) in [4.78, 5) is 40.3. The molecule has 0 spiro atoms. The third kappa shape index (κ3) is 8.38. The molecule has 4 aromatic carbocycles. The molecule has 260 valence electrons. The minimum absolute atomic E-state index is 0.175. The number of nitrogens with zero attached hydrogens (tertiary/aromatic N) is 1. The highest BCUT2D eigenvalue weighted by Crippen LogP contribution is 2.39. The van der Waals surface area contributed by atoms with Crippen molar-refractivity contribution in [2.45, 2.75) is 33.5 Å². The molecule has 0 bridgehead atoms. The predicted molar refractivity (Wildman–Crippen MR) is 191 cm³/mol. The monoisotopic (exact) mass is 744 g/mol. The molecule has 5 rings (SSSR count). The number of nitrogens with one attached hydrogen (secondary N) is 1. The van der Waals surface area contributed by atoms with E-state index in [0.29, 0.717) is 64.4 Å². The maximum absolute atomic E-state index is 13.6. The van der Waals surface area contributed by atoms with Crippen molar-refractivity contribution < 1.29 is 42.8 Å². The molecule has 1 heterocycles. The van der Waals surface area contributed by atoms with Gasteiger partial charge in [0.25, 0.3) is 11.8 Å². The molecule has 1 aliphatic rings. The van der Waals surface area contributed by atoms with Gasteiger partial charge >= 0.3 is 6.03 Å². The van der Waals surface area contributed by atoms with Gasteiger partial charge in [-0.3, -0.25) is 14.9 Å². The van der Waals surface area contributed by atoms with Crippen LogP contribution in [-0.4, -0.2) is 45.3 Å². The summed E-state index contributed by atoms with van der Waals surface area (Å²) in [6, 6.07) is 22.5. The SMILES string of the molecule is CCCOc1ccc(N2C(=O)NC(=O)/C(=C\c3cc(Br)c(OCc4ccc(OCc5ccccc5)c(OC)c4)c(OC)c3)C2=O)cc1OCC. The Morgan fingerprint density at radius 2 is 1.44 bits per heavy atom. The van der Waals surface area contributed by atoms with Gasteiger partial charge in [-0.2, -0.15) is 0 Å². The highest BCUT2D eigenvalue weighted by molar-refractivity contribution is 9.10. The lowest BCUT2D eigenvalue weighted by atomic mass is 10.1. The van der Waals surface area contributed by atoms with Gasteiger partial charge in [0, 0.05) is 6.07 Å². The first-order valence-corrected chi connectivity index (χ1v) is 16.7. The summed E-state index contributed by atoms with van der Waals surface area (Å²) >= 11 is 3.54. The first-order valence-electron chi connectivity index (χ1n) is 15.9. The van der Waals surface area contributed by atoms with Crippen molar-refractivity contribution in [2.24, 2.45) is 0 Å². The molecule has 4 amide bonds. The van der Waals surface area contributed by atoms with E-state index in [0.717, 1.165) is 22.4 Å². The van der Waals surface area contributed by atoms with Crippen LogP contribution in [0.2, 0.25) is 0 Å². The fraction of sp³-hybridized carbons (Fsp3) is 0.237. The fourth-order valence-corrected chi connectivity index (χ4v) is 5.64. The van der Waals surface area contributed by atoms with E-state index >= 15 is 0 Å². The number of halogens is 1. The number of anilines is 1. The third-order valence-corrected chi connectivity index (χ3v) is 8.05. The zero-order valence-corrected chi connectivity index (χ0v) is 29.7. The van der Waals surface area contributed by atoms with Crippen LogP contribution < -0.4 is 38.6 Å². The van der Waals surface area contributed by atoms with Crippen LogP contribution in [0.1, 0.15) is 37.0 Å². The van der Waals surface area contributed by atoms with Gasteiger partial charge in [0.1, 0.15) is 18.8 Å². The van der Waals surface area contributed by atoms with Gasteiger partial charge in [-0.15, -0.1) is 0 Å². The number of imide groups is 2. The molecular formula is C38H37BrN2O9. The maximum atomic E-state index is 13.6. The van der Waals surface area contributed by atoms with Crippen molar-refractivity contribution >= 4 is 45.5 Å². The van der Waals surface area contributed by atoms with Crippen molar-refractivity contribution in [1.29, 1.82) is 0 Å². The largest absolute Gasteiger partial charge is 0.493 e. The first-order chi connectivity index (χ1) is 24.3. The highest BCUT2D eigenvalue weighted by Gasteiger charge is 2.37. The maximum Gasteiger partial charge on any atom is 0.335 e. The number of hydrogen-bond acceptors (Lipinski definition) is 9. The Hall–Kier alpha value is -5.49. The number of methoxy groups -OCH3 is 2. The quantitative estimate of drug-likeness (QED) is 0.0976. The van der Waals surface area contributed by atoms with E-state index in [1.54, 1.807) is 31.4 Å². The molecule has 0 unspecified atom stereocenters. The first kappa shape index (κ1) is 35.8. The molecule has 1 fully saturated rings. The number of barbiturate groups is 1. The average Bonchev–Trinajstić information content (AvgIpc) is 3.12. The van der Waals surface area contributed by atoms with Gasteiger partial charge < -0.3 is 28.4 Å². The zero-order valence-electron chi connectivity index (χ0n) is 28.1. The number of urea groups is 1. The normalized spacial score (nSPS) is 13.6. The second-order valence-electron chi connectivity index (χ2n) is 11.0. The summed E-state index contributed by atoms with van der Waals surface area (Å²) in [6.45, 7) is 5.19. The van der Waals surface area contributed by atoms with Crippen molar-refractivity contribution in [3.05, 3.63) is 106 Å². The topological polar surface area (TPSA) is 122 Å².